The summed E-state index contributed by atoms with van der Waals surface area (Å²) in [6.45, 7) is 1.77. The number of nitrogens with zero attached hydrogens (tertiary/aromatic N) is 1. The average Bonchev–Trinajstić information content (AvgIpc) is 2.19. The van der Waals surface area contributed by atoms with Gasteiger partial charge in [0, 0.05) is 5.56 Å². The molecule has 1 N–H and O–H groups in total. The van der Waals surface area contributed by atoms with Crippen molar-refractivity contribution in [2.45, 2.75) is 12.3 Å². The van der Waals surface area contributed by atoms with E-state index in [0.717, 1.165) is 11.8 Å². The van der Waals surface area contributed by atoms with Crippen LogP contribution in [-0.2, 0) is 0 Å². The fourth-order valence-electron chi connectivity index (χ4n) is 0.966. The van der Waals surface area contributed by atoms with E-state index in [9.17, 15) is 4.79 Å². The van der Waals surface area contributed by atoms with Gasteiger partial charge in [0.25, 0.3) is 5.91 Å². The molecule has 0 aliphatic carbocycles. The molecule has 14 heavy (non-hydrogen) atoms. The Balaban J connectivity index is 2.56. The Morgan fingerprint density at radius 3 is 2.71 bits per heavy atom. The predicted octanol–water partition coefficient (Wildman–Crippen LogP) is 1.98. The number of thioether (sulfide) groups is 1. The molecule has 1 atom stereocenters. The van der Waals surface area contributed by atoms with Gasteiger partial charge in [0.1, 0.15) is 5.40 Å². The van der Waals surface area contributed by atoms with Crippen LogP contribution in [0.15, 0.2) is 30.3 Å². The smallest absolute Gasteiger partial charge is 0.252 e. The molecule has 1 aromatic carbocycles. The number of carbonyl (C=O) groups excluding carboxylic acids is 1. The number of hydrogen-bond acceptors (Lipinski definition) is 3. The molecule has 72 valence electrons. The first-order chi connectivity index (χ1) is 6.74. The number of nitrogens with one attached hydrogen (secondary N) is 1. The van der Waals surface area contributed by atoms with Crippen LogP contribution in [0.3, 0.4) is 0 Å². The van der Waals surface area contributed by atoms with Crippen LogP contribution in [0.2, 0.25) is 0 Å². The number of thiocyanates is 1. The molecular weight excluding hydrogens is 196 g/mol. The standard InChI is InChI=1S/C10H10N2OS/c1-8(14-7-11)12-10(13)9-5-3-2-4-6-9/h2-6,8H,1H3,(H,12,13). The van der Waals surface area contributed by atoms with Gasteiger partial charge in [0.15, 0.2) is 0 Å². The van der Waals surface area contributed by atoms with Gasteiger partial charge in [-0.3, -0.25) is 4.79 Å². The molecule has 0 fully saturated rings. The van der Waals surface area contributed by atoms with E-state index in [1.54, 1.807) is 31.2 Å². The maximum Gasteiger partial charge on any atom is 0.252 e. The Morgan fingerprint density at radius 2 is 2.14 bits per heavy atom. The highest BCUT2D eigenvalue weighted by Gasteiger charge is 2.08. The van der Waals surface area contributed by atoms with Gasteiger partial charge in [-0.05, 0) is 30.8 Å². The van der Waals surface area contributed by atoms with Gasteiger partial charge in [-0.15, -0.1) is 0 Å². The molecular formula is C10H10N2OS. The van der Waals surface area contributed by atoms with Crippen molar-refractivity contribution in [2.75, 3.05) is 0 Å². The third kappa shape index (κ3) is 3.11. The Labute approximate surface area is 87.1 Å². The van der Waals surface area contributed by atoms with Gasteiger partial charge < -0.3 is 5.32 Å². The lowest BCUT2D eigenvalue weighted by molar-refractivity contribution is 0.0952. The summed E-state index contributed by atoms with van der Waals surface area (Å²) in [6, 6.07) is 8.93. The van der Waals surface area contributed by atoms with Gasteiger partial charge in [-0.2, -0.15) is 5.26 Å². The summed E-state index contributed by atoms with van der Waals surface area (Å²) in [5, 5.41) is 12.8. The highest BCUT2D eigenvalue weighted by molar-refractivity contribution is 8.04. The third-order valence-electron chi connectivity index (χ3n) is 1.60. The molecule has 1 amide bonds. The van der Waals surface area contributed by atoms with Crippen LogP contribution in [0.25, 0.3) is 0 Å². The fraction of sp³-hybridized carbons (Fsp3) is 0.200. The fourth-order valence-corrected chi connectivity index (χ4v) is 1.29. The topological polar surface area (TPSA) is 52.9 Å². The van der Waals surface area contributed by atoms with Gasteiger partial charge in [-0.1, -0.05) is 18.2 Å². The zero-order valence-electron chi connectivity index (χ0n) is 7.73. The van der Waals surface area contributed by atoms with Crippen LogP contribution >= 0.6 is 11.8 Å². The maximum atomic E-state index is 11.5. The summed E-state index contributed by atoms with van der Waals surface area (Å²) >= 11 is 1.03. The van der Waals surface area contributed by atoms with E-state index in [4.69, 9.17) is 5.26 Å². The van der Waals surface area contributed by atoms with E-state index >= 15 is 0 Å². The second-order valence-corrected chi connectivity index (χ2v) is 3.82. The molecule has 0 aromatic heterocycles. The lowest BCUT2D eigenvalue weighted by Gasteiger charge is -2.08. The molecule has 0 spiro atoms. The van der Waals surface area contributed by atoms with E-state index in [1.807, 2.05) is 11.5 Å². The van der Waals surface area contributed by atoms with Crippen LogP contribution in [0.4, 0.5) is 0 Å². The summed E-state index contributed by atoms with van der Waals surface area (Å²) in [5.74, 6) is -0.152. The van der Waals surface area contributed by atoms with Crippen LogP contribution in [0, 0.1) is 10.7 Å². The number of amides is 1. The average molecular weight is 206 g/mol. The number of rotatable bonds is 3. The van der Waals surface area contributed by atoms with Crippen molar-refractivity contribution in [3.05, 3.63) is 35.9 Å². The van der Waals surface area contributed by atoms with Crippen molar-refractivity contribution >= 4 is 17.7 Å². The zero-order valence-corrected chi connectivity index (χ0v) is 8.54. The first-order valence-corrected chi connectivity index (χ1v) is 5.02. The van der Waals surface area contributed by atoms with Crippen molar-refractivity contribution in [1.82, 2.24) is 5.32 Å². The van der Waals surface area contributed by atoms with Crippen molar-refractivity contribution in [1.29, 1.82) is 5.26 Å². The van der Waals surface area contributed by atoms with E-state index < -0.39 is 0 Å². The highest BCUT2D eigenvalue weighted by Crippen LogP contribution is 2.06. The summed E-state index contributed by atoms with van der Waals surface area (Å²) < 4.78 is 0. The minimum Gasteiger partial charge on any atom is -0.340 e. The molecule has 0 radical (unpaired) electrons. The van der Waals surface area contributed by atoms with Gasteiger partial charge in [-0.25, -0.2) is 0 Å². The maximum absolute atomic E-state index is 11.5. The van der Waals surface area contributed by atoms with Gasteiger partial charge >= 0.3 is 0 Å². The highest BCUT2D eigenvalue weighted by atomic mass is 32.2. The molecule has 0 bridgehead atoms. The minimum atomic E-state index is -0.187. The van der Waals surface area contributed by atoms with Crippen molar-refractivity contribution in [3.8, 4) is 5.40 Å². The summed E-state index contributed by atoms with van der Waals surface area (Å²) in [5.41, 5.74) is 0.609. The largest absolute Gasteiger partial charge is 0.340 e. The minimum absolute atomic E-state index is 0.152. The molecule has 0 saturated carbocycles. The second kappa shape index (κ2) is 5.30. The Bertz CT molecular complexity index is 345. The lowest BCUT2D eigenvalue weighted by Crippen LogP contribution is -2.29. The number of hydrogen-bond donors (Lipinski definition) is 1. The quantitative estimate of drug-likeness (QED) is 0.607. The first-order valence-electron chi connectivity index (χ1n) is 4.14. The van der Waals surface area contributed by atoms with Crippen LogP contribution in [-0.4, -0.2) is 11.3 Å². The van der Waals surface area contributed by atoms with Crippen molar-refractivity contribution in [3.63, 3.8) is 0 Å². The summed E-state index contributed by atoms with van der Waals surface area (Å²) in [6.07, 6.45) is 0. The molecule has 0 aliphatic heterocycles. The normalized spacial score (nSPS) is 11.4. The SMILES string of the molecule is CC(NC(=O)c1ccccc1)SC#N. The van der Waals surface area contributed by atoms with Crippen LogP contribution < -0.4 is 5.32 Å². The predicted molar refractivity (Wildman–Crippen MR) is 56.6 cm³/mol. The summed E-state index contributed by atoms with van der Waals surface area (Å²) in [4.78, 5) is 11.5. The van der Waals surface area contributed by atoms with Crippen molar-refractivity contribution in [2.24, 2.45) is 0 Å². The number of nitriles is 1. The van der Waals surface area contributed by atoms with Gasteiger partial charge in [0.2, 0.25) is 0 Å². The number of benzene rings is 1. The molecule has 1 unspecified atom stereocenters. The molecule has 0 aliphatic rings. The zero-order chi connectivity index (χ0) is 10.4. The molecule has 4 heteroatoms. The molecule has 3 nitrogen and oxygen atoms in total. The van der Waals surface area contributed by atoms with Gasteiger partial charge in [0.05, 0.1) is 5.37 Å². The van der Waals surface area contributed by atoms with E-state index in [-0.39, 0.29) is 11.3 Å². The Morgan fingerprint density at radius 1 is 1.50 bits per heavy atom. The van der Waals surface area contributed by atoms with Crippen molar-refractivity contribution < 1.29 is 4.79 Å². The summed E-state index contributed by atoms with van der Waals surface area (Å²) in [7, 11) is 0. The van der Waals surface area contributed by atoms with E-state index in [2.05, 4.69) is 5.32 Å². The van der Waals surface area contributed by atoms with Crippen LogP contribution in [0.1, 0.15) is 17.3 Å². The Hall–Kier alpha value is -1.47. The Kier molecular flexibility index (Phi) is 4.02. The number of carbonyl (C=O) groups is 1. The second-order valence-electron chi connectivity index (χ2n) is 2.69. The lowest BCUT2D eigenvalue weighted by atomic mass is 10.2. The van der Waals surface area contributed by atoms with E-state index in [1.165, 1.54) is 0 Å². The molecule has 1 rings (SSSR count). The molecule has 1 aromatic rings. The van der Waals surface area contributed by atoms with E-state index in [0.29, 0.717) is 5.56 Å². The molecule has 0 saturated heterocycles. The molecule has 0 heterocycles. The van der Waals surface area contributed by atoms with Crippen LogP contribution in [0.5, 0.6) is 0 Å². The first kappa shape index (κ1) is 10.6. The monoisotopic (exact) mass is 206 g/mol. The third-order valence-corrected chi connectivity index (χ3v) is 2.18.